The fourth-order valence-corrected chi connectivity index (χ4v) is 2.74. The van der Waals surface area contributed by atoms with Crippen LogP contribution in [0.5, 0.6) is 28.9 Å². The van der Waals surface area contributed by atoms with Crippen LogP contribution in [0.3, 0.4) is 0 Å². The molecule has 7 heteroatoms. The molecule has 0 radical (unpaired) electrons. The summed E-state index contributed by atoms with van der Waals surface area (Å²) < 4.78 is 21.6. The van der Waals surface area contributed by atoms with E-state index in [1.807, 2.05) is 36.4 Å². The Bertz CT molecular complexity index is 951. The van der Waals surface area contributed by atoms with Crippen molar-refractivity contribution in [3.63, 3.8) is 0 Å². The fourth-order valence-electron chi connectivity index (χ4n) is 2.74. The summed E-state index contributed by atoms with van der Waals surface area (Å²) in [5.74, 6) is 2.16. The monoisotopic (exact) mass is 394 g/mol. The topological polar surface area (TPSA) is 78.9 Å². The highest BCUT2D eigenvalue weighted by Crippen LogP contribution is 2.38. The van der Waals surface area contributed by atoms with Crippen LogP contribution in [-0.2, 0) is 6.54 Å². The first-order valence-corrected chi connectivity index (χ1v) is 8.90. The Morgan fingerprint density at radius 3 is 2.31 bits per heavy atom. The third-order valence-corrected chi connectivity index (χ3v) is 4.14. The number of nitrogens with one attached hydrogen (secondary N) is 1. The highest BCUT2D eigenvalue weighted by molar-refractivity contribution is 5.95. The molecule has 0 unspecified atom stereocenters. The lowest BCUT2D eigenvalue weighted by atomic mass is 10.1. The van der Waals surface area contributed by atoms with Gasteiger partial charge >= 0.3 is 0 Å². The van der Waals surface area contributed by atoms with Gasteiger partial charge in [-0.2, -0.15) is 0 Å². The Morgan fingerprint density at radius 1 is 0.931 bits per heavy atom. The minimum atomic E-state index is -0.264. The number of hydrogen-bond acceptors (Lipinski definition) is 6. The third-order valence-electron chi connectivity index (χ3n) is 4.14. The van der Waals surface area contributed by atoms with Crippen molar-refractivity contribution < 1.29 is 23.7 Å². The van der Waals surface area contributed by atoms with Crippen LogP contribution in [0.1, 0.15) is 15.9 Å². The molecule has 0 aliphatic rings. The van der Waals surface area contributed by atoms with Crippen LogP contribution in [0.25, 0.3) is 0 Å². The molecule has 1 heterocycles. The molecule has 150 valence electrons. The van der Waals surface area contributed by atoms with E-state index in [9.17, 15) is 4.79 Å². The van der Waals surface area contributed by atoms with Gasteiger partial charge in [0.25, 0.3) is 5.91 Å². The number of nitrogens with zero attached hydrogens (tertiary/aromatic N) is 1. The van der Waals surface area contributed by atoms with Gasteiger partial charge in [-0.1, -0.05) is 18.2 Å². The summed E-state index contributed by atoms with van der Waals surface area (Å²) in [6.07, 6.45) is 1.66. The van der Waals surface area contributed by atoms with Crippen LogP contribution < -0.4 is 24.3 Å². The van der Waals surface area contributed by atoms with Crippen molar-refractivity contribution in [3.8, 4) is 28.9 Å². The maximum atomic E-state index is 12.6. The standard InChI is InChI=1S/C22H22N2O5/c1-26-18-12-16(13-19(27-2)21(18)28-3)22(25)24-14-15-7-6-8-17(11-15)29-20-9-4-5-10-23-20/h4-13H,14H2,1-3H3,(H,24,25). The van der Waals surface area contributed by atoms with Crippen LogP contribution in [0, 0.1) is 0 Å². The molecule has 7 nitrogen and oxygen atoms in total. The van der Waals surface area contributed by atoms with Gasteiger partial charge in [-0.25, -0.2) is 4.98 Å². The molecule has 0 aliphatic carbocycles. The number of aromatic nitrogens is 1. The highest BCUT2D eigenvalue weighted by atomic mass is 16.5. The van der Waals surface area contributed by atoms with E-state index in [-0.39, 0.29) is 5.91 Å². The van der Waals surface area contributed by atoms with E-state index >= 15 is 0 Å². The van der Waals surface area contributed by atoms with Crippen LogP contribution in [0.2, 0.25) is 0 Å². The van der Waals surface area contributed by atoms with E-state index < -0.39 is 0 Å². The molecule has 3 aromatic rings. The van der Waals surface area contributed by atoms with Crippen molar-refractivity contribution in [3.05, 3.63) is 71.9 Å². The van der Waals surface area contributed by atoms with Crippen LogP contribution in [0.15, 0.2) is 60.8 Å². The third kappa shape index (κ3) is 4.95. The van der Waals surface area contributed by atoms with E-state index in [1.165, 1.54) is 21.3 Å². The lowest BCUT2D eigenvalue weighted by molar-refractivity contribution is 0.0950. The van der Waals surface area contributed by atoms with Crippen LogP contribution >= 0.6 is 0 Å². The number of pyridine rings is 1. The molecular weight excluding hydrogens is 372 g/mol. The quantitative estimate of drug-likeness (QED) is 0.626. The maximum Gasteiger partial charge on any atom is 0.251 e. The number of rotatable bonds is 8. The molecule has 0 atom stereocenters. The summed E-state index contributed by atoms with van der Waals surface area (Å²) >= 11 is 0. The van der Waals surface area contributed by atoms with Gasteiger partial charge in [-0.05, 0) is 35.9 Å². The summed E-state index contributed by atoms with van der Waals surface area (Å²) in [7, 11) is 4.53. The molecule has 3 rings (SSSR count). The minimum absolute atomic E-state index is 0.264. The van der Waals surface area contributed by atoms with Gasteiger partial charge in [0.2, 0.25) is 11.6 Å². The van der Waals surface area contributed by atoms with Gasteiger partial charge in [0.1, 0.15) is 5.75 Å². The van der Waals surface area contributed by atoms with Crippen molar-refractivity contribution in [2.24, 2.45) is 0 Å². The van der Waals surface area contributed by atoms with E-state index in [0.29, 0.717) is 41.0 Å². The minimum Gasteiger partial charge on any atom is -0.493 e. The summed E-state index contributed by atoms with van der Waals surface area (Å²) in [6.45, 7) is 0.328. The van der Waals surface area contributed by atoms with E-state index in [4.69, 9.17) is 18.9 Å². The molecule has 0 saturated carbocycles. The molecule has 0 aliphatic heterocycles. The summed E-state index contributed by atoms with van der Waals surface area (Å²) in [5.41, 5.74) is 1.29. The Morgan fingerprint density at radius 2 is 1.69 bits per heavy atom. The van der Waals surface area contributed by atoms with Crippen molar-refractivity contribution in [1.82, 2.24) is 10.3 Å². The molecule has 0 spiro atoms. The number of amides is 1. The van der Waals surface area contributed by atoms with Gasteiger partial charge in [0, 0.05) is 24.4 Å². The molecule has 1 amide bonds. The largest absolute Gasteiger partial charge is 0.493 e. The number of methoxy groups -OCH3 is 3. The van der Waals surface area contributed by atoms with E-state index in [0.717, 1.165) is 5.56 Å². The molecule has 1 aromatic heterocycles. The zero-order valence-corrected chi connectivity index (χ0v) is 16.5. The predicted molar refractivity (Wildman–Crippen MR) is 108 cm³/mol. The van der Waals surface area contributed by atoms with Crippen molar-refractivity contribution in [1.29, 1.82) is 0 Å². The first-order chi connectivity index (χ1) is 14.1. The number of carbonyl (C=O) groups excluding carboxylic acids is 1. The first kappa shape index (κ1) is 20.0. The number of ether oxygens (including phenoxy) is 4. The Labute approximate surface area is 169 Å². The number of carbonyl (C=O) groups is 1. The van der Waals surface area contributed by atoms with Crippen molar-refractivity contribution >= 4 is 5.91 Å². The van der Waals surface area contributed by atoms with Crippen molar-refractivity contribution in [2.45, 2.75) is 6.54 Å². The highest BCUT2D eigenvalue weighted by Gasteiger charge is 2.17. The van der Waals surface area contributed by atoms with Gasteiger partial charge in [0.15, 0.2) is 11.5 Å². The summed E-state index contributed by atoms with van der Waals surface area (Å²) in [4.78, 5) is 16.8. The second-order valence-corrected chi connectivity index (χ2v) is 6.01. The lowest BCUT2D eigenvalue weighted by Crippen LogP contribution is -2.23. The van der Waals surface area contributed by atoms with Crippen LogP contribution in [-0.4, -0.2) is 32.2 Å². The number of benzene rings is 2. The molecule has 0 saturated heterocycles. The lowest BCUT2D eigenvalue weighted by Gasteiger charge is -2.14. The average molecular weight is 394 g/mol. The van der Waals surface area contributed by atoms with E-state index in [2.05, 4.69) is 10.3 Å². The van der Waals surface area contributed by atoms with Gasteiger partial charge < -0.3 is 24.3 Å². The zero-order valence-electron chi connectivity index (χ0n) is 16.5. The Kier molecular flexibility index (Phi) is 6.52. The second kappa shape index (κ2) is 9.45. The van der Waals surface area contributed by atoms with E-state index in [1.54, 1.807) is 24.4 Å². The predicted octanol–water partition coefficient (Wildman–Crippen LogP) is 3.83. The molecular formula is C22H22N2O5. The summed E-state index contributed by atoms with van der Waals surface area (Å²) in [5, 5.41) is 2.88. The second-order valence-electron chi connectivity index (χ2n) is 6.01. The number of hydrogen-bond donors (Lipinski definition) is 1. The molecule has 29 heavy (non-hydrogen) atoms. The Hall–Kier alpha value is -3.74. The van der Waals surface area contributed by atoms with Crippen molar-refractivity contribution in [2.75, 3.05) is 21.3 Å². The van der Waals surface area contributed by atoms with Crippen LogP contribution in [0.4, 0.5) is 0 Å². The van der Waals surface area contributed by atoms with Gasteiger partial charge in [-0.15, -0.1) is 0 Å². The smallest absolute Gasteiger partial charge is 0.251 e. The Balaban J connectivity index is 1.70. The first-order valence-electron chi connectivity index (χ1n) is 8.90. The molecule has 0 fully saturated rings. The molecule has 1 N–H and O–H groups in total. The summed E-state index contributed by atoms with van der Waals surface area (Å²) in [6, 6.07) is 16.1. The zero-order chi connectivity index (χ0) is 20.6. The fraction of sp³-hybridized carbons (Fsp3) is 0.182. The van der Waals surface area contributed by atoms with Gasteiger partial charge in [0.05, 0.1) is 21.3 Å². The normalized spacial score (nSPS) is 10.2. The SMILES string of the molecule is COc1cc(C(=O)NCc2cccc(Oc3ccccn3)c2)cc(OC)c1OC. The molecule has 0 bridgehead atoms. The maximum absolute atomic E-state index is 12.6. The molecule has 2 aromatic carbocycles. The van der Waals surface area contributed by atoms with Gasteiger partial charge in [-0.3, -0.25) is 4.79 Å². The average Bonchev–Trinajstić information content (AvgIpc) is 2.77.